The van der Waals surface area contributed by atoms with E-state index in [0.717, 1.165) is 6.42 Å². The number of nitrogens with zero attached hydrogens (tertiary/aromatic N) is 1. The molecule has 0 radical (unpaired) electrons. The molecule has 6 heteroatoms. The molecule has 3 N–H and O–H groups in total. The van der Waals surface area contributed by atoms with Crippen molar-refractivity contribution in [1.82, 2.24) is 10.2 Å². The first kappa shape index (κ1) is 14.9. The summed E-state index contributed by atoms with van der Waals surface area (Å²) in [5.41, 5.74) is 5.60. The summed E-state index contributed by atoms with van der Waals surface area (Å²) >= 11 is 0. The topological polar surface area (TPSA) is 84.7 Å². The highest BCUT2D eigenvalue weighted by Gasteiger charge is 2.33. The molecule has 18 heavy (non-hydrogen) atoms. The Bertz CT molecular complexity index is 294. The molecular weight excluding hydrogens is 234 g/mol. The highest BCUT2D eigenvalue weighted by atomic mass is 16.5. The summed E-state index contributed by atoms with van der Waals surface area (Å²) in [4.78, 5) is 25.2. The van der Waals surface area contributed by atoms with Gasteiger partial charge in [0, 0.05) is 39.2 Å². The Labute approximate surface area is 108 Å². The molecule has 6 nitrogen and oxygen atoms in total. The van der Waals surface area contributed by atoms with Crippen molar-refractivity contribution in [3.8, 4) is 0 Å². The highest BCUT2D eigenvalue weighted by molar-refractivity contribution is 5.89. The van der Waals surface area contributed by atoms with Crippen molar-refractivity contribution >= 4 is 11.8 Å². The third-order valence-corrected chi connectivity index (χ3v) is 3.05. The van der Waals surface area contributed by atoms with Gasteiger partial charge >= 0.3 is 0 Å². The van der Waals surface area contributed by atoms with Gasteiger partial charge in [0.1, 0.15) is 0 Å². The molecule has 0 bridgehead atoms. The van der Waals surface area contributed by atoms with E-state index in [4.69, 9.17) is 10.5 Å². The summed E-state index contributed by atoms with van der Waals surface area (Å²) in [5, 5.41) is 2.82. The van der Waals surface area contributed by atoms with Crippen LogP contribution in [0.4, 0.5) is 0 Å². The molecule has 1 rings (SSSR count). The van der Waals surface area contributed by atoms with Crippen LogP contribution >= 0.6 is 0 Å². The Balaban J connectivity index is 2.30. The van der Waals surface area contributed by atoms with E-state index >= 15 is 0 Å². The number of hydrogen-bond acceptors (Lipinski definition) is 4. The Hall–Kier alpha value is -1.14. The zero-order valence-corrected chi connectivity index (χ0v) is 11.1. The molecule has 0 spiro atoms. The summed E-state index contributed by atoms with van der Waals surface area (Å²) in [5.74, 6) is -0.259. The minimum Gasteiger partial charge on any atom is -0.383 e. The van der Waals surface area contributed by atoms with E-state index in [2.05, 4.69) is 5.32 Å². The lowest BCUT2D eigenvalue weighted by atomic mass is 10.1. The van der Waals surface area contributed by atoms with Crippen LogP contribution in [0.5, 0.6) is 0 Å². The maximum Gasteiger partial charge on any atom is 0.225 e. The van der Waals surface area contributed by atoms with Crippen LogP contribution in [-0.2, 0) is 14.3 Å². The van der Waals surface area contributed by atoms with Gasteiger partial charge in [-0.15, -0.1) is 0 Å². The molecule has 1 aliphatic rings. The number of methoxy groups -OCH3 is 1. The van der Waals surface area contributed by atoms with Gasteiger partial charge in [0.15, 0.2) is 0 Å². The summed E-state index contributed by atoms with van der Waals surface area (Å²) in [7, 11) is 1.60. The highest BCUT2D eigenvalue weighted by Crippen LogP contribution is 2.17. The first-order chi connectivity index (χ1) is 8.54. The van der Waals surface area contributed by atoms with Gasteiger partial charge in [0.2, 0.25) is 11.8 Å². The number of ether oxygens (including phenoxy) is 1. The third kappa shape index (κ3) is 4.62. The van der Waals surface area contributed by atoms with Crippen LogP contribution in [0.25, 0.3) is 0 Å². The van der Waals surface area contributed by atoms with E-state index in [9.17, 15) is 9.59 Å². The monoisotopic (exact) mass is 257 g/mol. The van der Waals surface area contributed by atoms with Gasteiger partial charge < -0.3 is 20.7 Å². The van der Waals surface area contributed by atoms with Gasteiger partial charge in [-0.1, -0.05) is 0 Å². The minimum atomic E-state index is -0.234. The molecule has 1 saturated heterocycles. The molecule has 2 unspecified atom stereocenters. The molecule has 104 valence electrons. The largest absolute Gasteiger partial charge is 0.383 e. The minimum absolute atomic E-state index is 0.0272. The second-order valence-electron chi connectivity index (χ2n) is 4.79. The van der Waals surface area contributed by atoms with Gasteiger partial charge in [-0.3, -0.25) is 9.59 Å². The third-order valence-electron chi connectivity index (χ3n) is 3.05. The molecular formula is C12H23N3O3. The molecule has 1 fully saturated rings. The second kappa shape index (κ2) is 7.33. The van der Waals surface area contributed by atoms with Crippen LogP contribution in [0.3, 0.4) is 0 Å². The number of amides is 2. The van der Waals surface area contributed by atoms with E-state index in [0.29, 0.717) is 32.7 Å². The lowest BCUT2D eigenvalue weighted by Crippen LogP contribution is -2.35. The molecule has 2 amide bonds. The van der Waals surface area contributed by atoms with Crippen molar-refractivity contribution in [2.45, 2.75) is 25.8 Å². The van der Waals surface area contributed by atoms with Crippen LogP contribution < -0.4 is 11.1 Å². The smallest absolute Gasteiger partial charge is 0.225 e. The van der Waals surface area contributed by atoms with Gasteiger partial charge in [-0.2, -0.15) is 0 Å². The number of carbonyl (C=O) groups excluding carboxylic acids is 2. The van der Waals surface area contributed by atoms with Crippen LogP contribution in [0.1, 0.15) is 19.8 Å². The normalized spacial score (nSPS) is 21.2. The standard InChI is InChI=1S/C12H23N3O3/c1-9(13)3-4-14-12(17)10-7-11(16)15(8-10)5-6-18-2/h9-10H,3-8,13H2,1-2H3,(H,14,17). The van der Waals surface area contributed by atoms with Crippen LogP contribution in [-0.4, -0.2) is 56.1 Å². The second-order valence-corrected chi connectivity index (χ2v) is 4.79. The van der Waals surface area contributed by atoms with Crippen molar-refractivity contribution in [2.75, 3.05) is 33.4 Å². The summed E-state index contributed by atoms with van der Waals surface area (Å²) in [6, 6.07) is 0.0775. The van der Waals surface area contributed by atoms with Crippen molar-refractivity contribution < 1.29 is 14.3 Å². The Morgan fingerprint density at radius 2 is 2.39 bits per heavy atom. The van der Waals surface area contributed by atoms with E-state index < -0.39 is 0 Å². The van der Waals surface area contributed by atoms with Crippen LogP contribution in [0.15, 0.2) is 0 Å². The predicted octanol–water partition coefficient (Wildman–Crippen LogP) is -0.665. The average Bonchev–Trinajstić information content (AvgIpc) is 2.67. The quantitative estimate of drug-likeness (QED) is 0.634. The van der Waals surface area contributed by atoms with E-state index in [-0.39, 0.29) is 23.8 Å². The zero-order valence-electron chi connectivity index (χ0n) is 11.1. The first-order valence-corrected chi connectivity index (χ1v) is 6.34. The van der Waals surface area contributed by atoms with Crippen molar-refractivity contribution in [3.05, 3.63) is 0 Å². The summed E-state index contributed by atoms with van der Waals surface area (Å²) in [6.07, 6.45) is 1.05. The lowest BCUT2D eigenvalue weighted by Gasteiger charge is -2.16. The van der Waals surface area contributed by atoms with E-state index in [1.54, 1.807) is 12.0 Å². The van der Waals surface area contributed by atoms with Gasteiger partial charge in [0.05, 0.1) is 12.5 Å². The van der Waals surface area contributed by atoms with Crippen LogP contribution in [0, 0.1) is 5.92 Å². The number of likely N-dealkylation sites (tertiary alicyclic amines) is 1. The Morgan fingerprint density at radius 1 is 1.67 bits per heavy atom. The fourth-order valence-electron chi connectivity index (χ4n) is 1.93. The fourth-order valence-corrected chi connectivity index (χ4v) is 1.93. The lowest BCUT2D eigenvalue weighted by molar-refractivity contribution is -0.129. The maximum absolute atomic E-state index is 11.8. The van der Waals surface area contributed by atoms with Gasteiger partial charge in [-0.05, 0) is 13.3 Å². The molecule has 0 saturated carbocycles. The number of nitrogens with one attached hydrogen (secondary N) is 1. The number of carbonyl (C=O) groups is 2. The summed E-state index contributed by atoms with van der Waals surface area (Å²) in [6.45, 7) is 4.02. The molecule has 1 aliphatic heterocycles. The number of rotatable bonds is 7. The first-order valence-electron chi connectivity index (χ1n) is 6.34. The molecule has 0 aromatic rings. The molecule has 1 heterocycles. The van der Waals surface area contributed by atoms with Gasteiger partial charge in [-0.25, -0.2) is 0 Å². The Morgan fingerprint density at radius 3 is 3.00 bits per heavy atom. The average molecular weight is 257 g/mol. The number of nitrogens with two attached hydrogens (primary N) is 1. The van der Waals surface area contributed by atoms with Crippen LogP contribution in [0.2, 0.25) is 0 Å². The fraction of sp³-hybridized carbons (Fsp3) is 0.833. The SMILES string of the molecule is COCCN1CC(C(=O)NCCC(C)N)CC1=O. The molecule has 0 aromatic heterocycles. The maximum atomic E-state index is 11.8. The Kier molecular flexibility index (Phi) is 6.07. The van der Waals surface area contributed by atoms with Crippen molar-refractivity contribution in [2.24, 2.45) is 11.7 Å². The molecule has 0 aromatic carbocycles. The van der Waals surface area contributed by atoms with Crippen molar-refractivity contribution in [1.29, 1.82) is 0 Å². The van der Waals surface area contributed by atoms with Crippen molar-refractivity contribution in [3.63, 3.8) is 0 Å². The zero-order chi connectivity index (χ0) is 13.5. The van der Waals surface area contributed by atoms with E-state index in [1.165, 1.54) is 0 Å². The molecule has 2 atom stereocenters. The summed E-state index contributed by atoms with van der Waals surface area (Å²) < 4.78 is 4.93. The van der Waals surface area contributed by atoms with E-state index in [1.807, 2.05) is 6.92 Å². The predicted molar refractivity (Wildman–Crippen MR) is 67.8 cm³/mol. The number of hydrogen-bond donors (Lipinski definition) is 2. The van der Waals surface area contributed by atoms with Gasteiger partial charge in [0.25, 0.3) is 0 Å². The molecule has 0 aliphatic carbocycles.